The summed E-state index contributed by atoms with van der Waals surface area (Å²) < 4.78 is 51.0. The van der Waals surface area contributed by atoms with Gasteiger partial charge in [-0.1, -0.05) is 18.2 Å². The third-order valence-electron chi connectivity index (χ3n) is 5.37. The molecular weight excluding hydrogens is 510 g/mol. The van der Waals surface area contributed by atoms with Gasteiger partial charge in [0.25, 0.3) is 0 Å². The average Bonchev–Trinajstić information content (AvgIpc) is 3.41. The first-order chi connectivity index (χ1) is 17.5. The number of imidazole rings is 1. The second-order valence-electron chi connectivity index (χ2n) is 8.67. The van der Waals surface area contributed by atoms with Crippen molar-refractivity contribution >= 4 is 30.7 Å². The summed E-state index contributed by atoms with van der Waals surface area (Å²) in [5.74, 6) is -0.541. The number of rotatable bonds is 10. The molecule has 200 valence electrons. The van der Waals surface area contributed by atoms with Gasteiger partial charge in [0.05, 0.1) is 25.1 Å². The van der Waals surface area contributed by atoms with Gasteiger partial charge in [-0.25, -0.2) is 9.55 Å². The number of nitrogens with two attached hydrogens (primary N) is 1. The number of hydrogen-bond acceptors (Lipinski definition) is 11. The Kier molecular flexibility index (Phi) is 8.05. The van der Waals surface area contributed by atoms with Crippen molar-refractivity contribution in [3.63, 3.8) is 0 Å². The molecular formula is C22H28FN6O7P. The second-order valence-corrected chi connectivity index (χ2v) is 10.4. The van der Waals surface area contributed by atoms with Crippen molar-refractivity contribution in [1.82, 2.24) is 24.6 Å². The van der Waals surface area contributed by atoms with Crippen molar-refractivity contribution in [3.05, 3.63) is 42.7 Å². The fourth-order valence-corrected chi connectivity index (χ4v) is 5.17. The number of nitrogens with zero attached hydrogens (tertiary/aromatic N) is 4. The van der Waals surface area contributed by atoms with Gasteiger partial charge >= 0.3 is 19.8 Å². The highest BCUT2D eigenvalue weighted by Crippen LogP contribution is 2.46. The van der Waals surface area contributed by atoms with Crippen molar-refractivity contribution in [2.75, 3.05) is 12.3 Å². The lowest BCUT2D eigenvalue weighted by atomic mass is 10.2. The van der Waals surface area contributed by atoms with Crippen molar-refractivity contribution in [2.24, 2.45) is 0 Å². The molecule has 0 amide bonds. The van der Waals surface area contributed by atoms with Crippen LogP contribution in [0.5, 0.6) is 5.75 Å². The molecule has 4 N–H and O–H groups in total. The number of hydrogen-bond donors (Lipinski definition) is 3. The van der Waals surface area contributed by atoms with Gasteiger partial charge in [-0.2, -0.15) is 19.4 Å². The number of aliphatic hydroxyl groups is 1. The Morgan fingerprint density at radius 2 is 2.05 bits per heavy atom. The fraction of sp³-hybridized carbons (Fsp3) is 0.455. The first kappa shape index (κ1) is 26.9. The van der Waals surface area contributed by atoms with Gasteiger partial charge in [0.15, 0.2) is 17.0 Å². The number of carbonyl (C=O) groups is 1. The maximum absolute atomic E-state index is 13.7. The Morgan fingerprint density at radius 1 is 1.32 bits per heavy atom. The molecule has 37 heavy (non-hydrogen) atoms. The number of esters is 1. The van der Waals surface area contributed by atoms with E-state index >= 15 is 0 Å². The topological polar surface area (TPSA) is 173 Å². The van der Waals surface area contributed by atoms with Gasteiger partial charge in [0, 0.05) is 6.42 Å². The average molecular weight is 538 g/mol. The number of anilines is 1. The largest absolute Gasteiger partial charge is 0.462 e. The first-order valence-electron chi connectivity index (χ1n) is 11.5. The summed E-state index contributed by atoms with van der Waals surface area (Å²) in [5, 5.41) is 13.2. The highest BCUT2D eigenvalue weighted by molar-refractivity contribution is 7.52. The minimum Gasteiger partial charge on any atom is -0.462 e. The summed E-state index contributed by atoms with van der Waals surface area (Å²) in [6.07, 6.45) is -2.74. The van der Waals surface area contributed by atoms with Crippen LogP contribution in [0.15, 0.2) is 36.7 Å². The summed E-state index contributed by atoms with van der Waals surface area (Å²) in [5.41, 5.74) is 5.99. The van der Waals surface area contributed by atoms with Gasteiger partial charge in [-0.05, 0) is 32.9 Å². The van der Waals surface area contributed by atoms with Gasteiger partial charge < -0.3 is 24.8 Å². The number of nitrogens with one attached hydrogen (secondary N) is 1. The summed E-state index contributed by atoms with van der Waals surface area (Å²) in [7, 11) is -4.15. The lowest BCUT2D eigenvalue weighted by Gasteiger charge is -2.25. The molecule has 5 atom stereocenters. The molecule has 1 aromatic carbocycles. The molecule has 3 aromatic rings. The van der Waals surface area contributed by atoms with Crippen LogP contribution in [-0.2, 0) is 23.4 Å². The zero-order chi connectivity index (χ0) is 26.7. The maximum atomic E-state index is 13.7. The van der Waals surface area contributed by atoms with Crippen LogP contribution in [0.1, 0.15) is 33.4 Å². The van der Waals surface area contributed by atoms with E-state index in [1.807, 2.05) is 0 Å². The number of aromatic nitrogens is 4. The van der Waals surface area contributed by atoms with Crippen LogP contribution in [0.4, 0.5) is 10.2 Å². The highest BCUT2D eigenvalue weighted by atomic mass is 31.2. The van der Waals surface area contributed by atoms with Crippen LogP contribution in [0.3, 0.4) is 0 Å². The lowest BCUT2D eigenvalue weighted by Crippen LogP contribution is -2.37. The van der Waals surface area contributed by atoms with E-state index in [1.54, 1.807) is 44.2 Å². The number of fused-ring (bicyclic) bond motifs is 1. The third kappa shape index (κ3) is 6.40. The van der Waals surface area contributed by atoms with Crippen molar-refractivity contribution < 1.29 is 37.4 Å². The van der Waals surface area contributed by atoms with Crippen LogP contribution >= 0.6 is 7.75 Å². The zero-order valence-electron chi connectivity index (χ0n) is 20.4. The molecule has 2 unspecified atom stereocenters. The SMILES string of the molecule is CC(C)OC(=O)[C@@H](C)NP(=O)(OC[C@H]1OC(n2cnc3c(N)nc(F)nc32)C[C@@H]1O)Oc1ccccc1. The second kappa shape index (κ2) is 11.1. The van der Waals surface area contributed by atoms with E-state index in [0.29, 0.717) is 0 Å². The quantitative estimate of drug-likeness (QED) is 0.196. The Morgan fingerprint density at radius 3 is 2.76 bits per heavy atom. The molecule has 2 aromatic heterocycles. The third-order valence-corrected chi connectivity index (χ3v) is 7.01. The number of benzene rings is 1. The molecule has 0 aliphatic carbocycles. The molecule has 1 saturated heterocycles. The Bertz CT molecular complexity index is 1290. The zero-order valence-corrected chi connectivity index (χ0v) is 21.2. The monoisotopic (exact) mass is 538 g/mol. The van der Waals surface area contributed by atoms with Crippen LogP contribution in [0.2, 0.25) is 0 Å². The molecule has 3 heterocycles. The Hall–Kier alpha value is -3.16. The normalized spacial score (nSPS) is 22.2. The smallest absolute Gasteiger partial charge is 0.459 e. The number of carbonyl (C=O) groups excluding carboxylic acids is 1. The van der Waals surface area contributed by atoms with Gasteiger partial charge in [-0.3, -0.25) is 13.9 Å². The summed E-state index contributed by atoms with van der Waals surface area (Å²) >= 11 is 0. The molecule has 1 aliphatic rings. The van der Waals surface area contributed by atoms with Gasteiger partial charge in [0.2, 0.25) is 0 Å². The van der Waals surface area contributed by atoms with E-state index in [-0.39, 0.29) is 41.9 Å². The predicted molar refractivity (Wildman–Crippen MR) is 129 cm³/mol. The number of para-hydroxylation sites is 1. The molecule has 0 saturated carbocycles. The fourth-order valence-electron chi connectivity index (χ4n) is 3.66. The molecule has 1 aliphatic heterocycles. The van der Waals surface area contributed by atoms with Crippen LogP contribution in [-0.4, -0.2) is 61.6 Å². The lowest BCUT2D eigenvalue weighted by molar-refractivity contribution is -0.149. The highest BCUT2D eigenvalue weighted by Gasteiger charge is 2.40. The molecule has 0 bridgehead atoms. The Balaban J connectivity index is 1.48. The molecule has 0 radical (unpaired) electrons. The molecule has 15 heteroatoms. The molecule has 1 fully saturated rings. The number of halogens is 1. The molecule has 0 spiro atoms. The molecule has 13 nitrogen and oxygen atoms in total. The van der Waals surface area contributed by atoms with Crippen LogP contribution in [0, 0.1) is 6.08 Å². The van der Waals surface area contributed by atoms with E-state index in [0.717, 1.165) is 0 Å². The standard InChI is InChI=1S/C22H28FN6O7P/c1-12(2)34-21(31)13(3)28-37(32,36-14-7-5-4-6-8-14)33-10-16-15(30)9-17(35-16)29-11-25-18-19(24)26-22(23)27-20(18)29/h4-8,11-13,15-17,30H,9-10H2,1-3H3,(H,28,32)(H2,24,26,27)/t13-,15+,16-,17?,37?/m1/s1. The maximum Gasteiger partial charge on any atom is 0.459 e. The summed E-state index contributed by atoms with van der Waals surface area (Å²) in [4.78, 5) is 23.5. The van der Waals surface area contributed by atoms with E-state index in [2.05, 4.69) is 20.0 Å². The number of aliphatic hydroxyl groups excluding tert-OH is 1. The van der Waals surface area contributed by atoms with Crippen molar-refractivity contribution in [2.45, 2.75) is 57.8 Å². The van der Waals surface area contributed by atoms with E-state index in [4.69, 9.17) is 24.3 Å². The minimum absolute atomic E-state index is 0.0827. The van der Waals surface area contributed by atoms with E-state index in [9.17, 15) is 18.9 Å². The van der Waals surface area contributed by atoms with Crippen molar-refractivity contribution in [1.29, 1.82) is 0 Å². The van der Waals surface area contributed by atoms with E-state index in [1.165, 1.54) is 17.8 Å². The van der Waals surface area contributed by atoms with Crippen molar-refractivity contribution in [3.8, 4) is 5.75 Å². The van der Waals surface area contributed by atoms with Gasteiger partial charge in [0.1, 0.15) is 24.1 Å². The Labute approximate surface area is 211 Å². The summed E-state index contributed by atoms with van der Waals surface area (Å²) in [6, 6.07) is 7.22. The number of ether oxygens (including phenoxy) is 2. The predicted octanol–water partition coefficient (Wildman–Crippen LogP) is 2.33. The van der Waals surface area contributed by atoms with Gasteiger partial charge in [-0.15, -0.1) is 0 Å². The van der Waals surface area contributed by atoms with Crippen LogP contribution in [0.25, 0.3) is 11.2 Å². The minimum atomic E-state index is -4.15. The van der Waals surface area contributed by atoms with E-state index < -0.39 is 44.3 Å². The molecule has 4 rings (SSSR count). The first-order valence-corrected chi connectivity index (χ1v) is 13.1. The number of nitrogen functional groups attached to an aromatic ring is 1. The summed E-state index contributed by atoms with van der Waals surface area (Å²) in [6.45, 7) is 4.48. The van der Waals surface area contributed by atoms with Crippen LogP contribution < -0.4 is 15.3 Å².